The highest BCUT2D eigenvalue weighted by molar-refractivity contribution is 14.0. The monoisotopic (exact) mass is 393 g/mol. The first kappa shape index (κ1) is 19.1. The minimum Gasteiger partial charge on any atom is -0.356 e. The minimum absolute atomic E-state index is 0. The highest BCUT2D eigenvalue weighted by atomic mass is 127. The Morgan fingerprint density at radius 1 is 1.35 bits per heavy atom. The average molecular weight is 393 g/mol. The first-order valence-corrected chi connectivity index (χ1v) is 6.84. The van der Waals surface area contributed by atoms with Crippen molar-refractivity contribution >= 4 is 29.9 Å². The molecule has 0 aliphatic heterocycles. The lowest BCUT2D eigenvalue weighted by Crippen LogP contribution is -2.40. The van der Waals surface area contributed by atoms with E-state index >= 15 is 0 Å². The largest absolute Gasteiger partial charge is 0.356 e. The topological polar surface area (TPSA) is 27.6 Å². The van der Waals surface area contributed by atoms with Gasteiger partial charge in [0, 0.05) is 27.2 Å². The smallest absolute Gasteiger partial charge is 0.193 e. The van der Waals surface area contributed by atoms with Gasteiger partial charge in [0.25, 0.3) is 0 Å². The summed E-state index contributed by atoms with van der Waals surface area (Å²) in [5.41, 5.74) is 0.738. The van der Waals surface area contributed by atoms with Gasteiger partial charge in [-0.3, -0.25) is 4.99 Å². The quantitative estimate of drug-likeness (QED) is 0.456. The second kappa shape index (κ2) is 10.9. The van der Waals surface area contributed by atoms with Crippen LogP contribution < -0.4 is 5.32 Å². The summed E-state index contributed by atoms with van der Waals surface area (Å²) in [6.07, 6.45) is 2.97. The number of hydrogen-bond acceptors (Lipinski definition) is 1. The summed E-state index contributed by atoms with van der Waals surface area (Å²) in [6, 6.07) is 6.89. The zero-order valence-electron chi connectivity index (χ0n) is 12.5. The first-order valence-electron chi connectivity index (χ1n) is 6.84. The van der Waals surface area contributed by atoms with Gasteiger partial charge in [-0.1, -0.05) is 31.5 Å². The standard InChI is InChI=1S/C15H24FN3.HI/c1-4-5-12-19(3)15(17-2)18-11-10-13-8-6-7-9-14(13)16;/h6-9H,4-5,10-12H2,1-3H3,(H,17,18);1H. The van der Waals surface area contributed by atoms with Gasteiger partial charge >= 0.3 is 0 Å². The molecule has 0 unspecified atom stereocenters. The summed E-state index contributed by atoms with van der Waals surface area (Å²) < 4.78 is 13.5. The molecular formula is C15H25FIN3. The van der Waals surface area contributed by atoms with Crippen LogP contribution in [0.5, 0.6) is 0 Å². The number of benzene rings is 1. The predicted molar refractivity (Wildman–Crippen MR) is 94.4 cm³/mol. The Labute approximate surface area is 138 Å². The van der Waals surface area contributed by atoms with Crippen LogP contribution in [-0.2, 0) is 6.42 Å². The van der Waals surface area contributed by atoms with Crippen LogP contribution in [-0.4, -0.2) is 38.0 Å². The maximum atomic E-state index is 13.5. The fourth-order valence-corrected chi connectivity index (χ4v) is 1.90. The normalized spacial score (nSPS) is 10.9. The van der Waals surface area contributed by atoms with Crippen molar-refractivity contribution < 1.29 is 4.39 Å². The number of rotatable bonds is 6. The molecule has 0 spiro atoms. The maximum absolute atomic E-state index is 13.5. The van der Waals surface area contributed by atoms with Gasteiger partial charge in [-0.15, -0.1) is 24.0 Å². The molecule has 20 heavy (non-hydrogen) atoms. The van der Waals surface area contributed by atoms with Gasteiger partial charge in [-0.2, -0.15) is 0 Å². The third-order valence-electron chi connectivity index (χ3n) is 3.06. The Balaban J connectivity index is 0.00000361. The lowest BCUT2D eigenvalue weighted by Gasteiger charge is -2.21. The number of guanidine groups is 1. The van der Waals surface area contributed by atoms with Crippen LogP contribution in [0.2, 0.25) is 0 Å². The van der Waals surface area contributed by atoms with Crippen LogP contribution in [0.4, 0.5) is 4.39 Å². The molecule has 0 aliphatic carbocycles. The van der Waals surface area contributed by atoms with E-state index in [1.54, 1.807) is 13.1 Å². The number of aliphatic imine (C=N–C) groups is 1. The molecule has 0 saturated heterocycles. The number of hydrogen-bond donors (Lipinski definition) is 1. The van der Waals surface area contributed by atoms with Gasteiger partial charge in [0.15, 0.2) is 5.96 Å². The molecule has 0 bridgehead atoms. The summed E-state index contributed by atoms with van der Waals surface area (Å²) in [5, 5.41) is 3.26. The number of halogens is 2. The summed E-state index contributed by atoms with van der Waals surface area (Å²) in [7, 11) is 3.79. The van der Waals surface area contributed by atoms with Crippen LogP contribution in [0.1, 0.15) is 25.3 Å². The van der Waals surface area contributed by atoms with Gasteiger partial charge in [0.2, 0.25) is 0 Å². The number of nitrogens with one attached hydrogen (secondary N) is 1. The van der Waals surface area contributed by atoms with Crippen molar-refractivity contribution in [3.63, 3.8) is 0 Å². The molecule has 0 heterocycles. The van der Waals surface area contributed by atoms with E-state index in [-0.39, 0.29) is 29.8 Å². The molecule has 1 aromatic rings. The zero-order chi connectivity index (χ0) is 14.1. The van der Waals surface area contributed by atoms with E-state index < -0.39 is 0 Å². The van der Waals surface area contributed by atoms with Crippen molar-refractivity contribution in [2.75, 3.05) is 27.2 Å². The fraction of sp³-hybridized carbons (Fsp3) is 0.533. The van der Waals surface area contributed by atoms with E-state index in [1.165, 1.54) is 6.07 Å². The molecule has 114 valence electrons. The Hall–Kier alpha value is -0.850. The van der Waals surface area contributed by atoms with Crippen molar-refractivity contribution in [1.29, 1.82) is 0 Å². The van der Waals surface area contributed by atoms with Crippen molar-refractivity contribution in [3.05, 3.63) is 35.6 Å². The molecule has 0 amide bonds. The zero-order valence-corrected chi connectivity index (χ0v) is 14.9. The Morgan fingerprint density at radius 3 is 2.65 bits per heavy atom. The van der Waals surface area contributed by atoms with E-state index in [0.29, 0.717) is 13.0 Å². The van der Waals surface area contributed by atoms with Crippen molar-refractivity contribution in [2.45, 2.75) is 26.2 Å². The predicted octanol–water partition coefficient (Wildman–Crippen LogP) is 3.29. The fourth-order valence-electron chi connectivity index (χ4n) is 1.90. The summed E-state index contributed by atoms with van der Waals surface area (Å²) in [6.45, 7) is 3.84. The van der Waals surface area contributed by atoms with Crippen molar-refractivity contribution in [3.8, 4) is 0 Å². The molecule has 1 aromatic carbocycles. The minimum atomic E-state index is -0.140. The lowest BCUT2D eigenvalue weighted by atomic mass is 10.1. The molecule has 0 radical (unpaired) electrons. The molecule has 3 nitrogen and oxygen atoms in total. The first-order chi connectivity index (χ1) is 9.19. The highest BCUT2D eigenvalue weighted by Gasteiger charge is 2.05. The third kappa shape index (κ3) is 6.54. The molecule has 0 saturated carbocycles. The Kier molecular flexibility index (Phi) is 10.4. The van der Waals surface area contributed by atoms with E-state index in [4.69, 9.17) is 0 Å². The van der Waals surface area contributed by atoms with Crippen LogP contribution >= 0.6 is 24.0 Å². The SMILES string of the molecule is CCCCN(C)C(=NC)NCCc1ccccc1F.I. The van der Waals surface area contributed by atoms with E-state index in [1.807, 2.05) is 19.2 Å². The van der Waals surface area contributed by atoms with E-state index in [0.717, 1.165) is 30.9 Å². The Morgan fingerprint density at radius 2 is 2.05 bits per heavy atom. The maximum Gasteiger partial charge on any atom is 0.193 e. The van der Waals surface area contributed by atoms with Gasteiger partial charge in [-0.25, -0.2) is 4.39 Å². The summed E-state index contributed by atoms with van der Waals surface area (Å²) in [5.74, 6) is 0.725. The average Bonchev–Trinajstić information content (AvgIpc) is 2.43. The van der Waals surface area contributed by atoms with Gasteiger partial charge in [0.1, 0.15) is 5.82 Å². The molecule has 0 fully saturated rings. The van der Waals surface area contributed by atoms with Crippen LogP contribution in [0.3, 0.4) is 0 Å². The molecule has 5 heteroatoms. The van der Waals surface area contributed by atoms with Crippen molar-refractivity contribution in [1.82, 2.24) is 10.2 Å². The molecule has 0 atom stereocenters. The van der Waals surface area contributed by atoms with Gasteiger partial charge in [0.05, 0.1) is 0 Å². The molecular weight excluding hydrogens is 368 g/mol. The third-order valence-corrected chi connectivity index (χ3v) is 3.06. The second-order valence-electron chi connectivity index (χ2n) is 4.59. The Bertz CT molecular complexity index is 410. The molecule has 0 aliphatic rings. The van der Waals surface area contributed by atoms with E-state index in [9.17, 15) is 4.39 Å². The summed E-state index contributed by atoms with van der Waals surface area (Å²) in [4.78, 5) is 6.33. The van der Waals surface area contributed by atoms with Crippen LogP contribution in [0.25, 0.3) is 0 Å². The molecule has 1 rings (SSSR count). The molecule has 0 aromatic heterocycles. The highest BCUT2D eigenvalue weighted by Crippen LogP contribution is 2.06. The van der Waals surface area contributed by atoms with Crippen LogP contribution in [0.15, 0.2) is 29.3 Å². The molecule has 1 N–H and O–H groups in total. The van der Waals surface area contributed by atoms with E-state index in [2.05, 4.69) is 22.1 Å². The second-order valence-corrected chi connectivity index (χ2v) is 4.59. The number of nitrogens with zero attached hydrogens (tertiary/aromatic N) is 2. The van der Waals surface area contributed by atoms with Crippen molar-refractivity contribution in [2.24, 2.45) is 4.99 Å². The number of unbranched alkanes of at least 4 members (excludes halogenated alkanes) is 1. The summed E-state index contributed by atoms with van der Waals surface area (Å²) >= 11 is 0. The van der Waals surface area contributed by atoms with Crippen LogP contribution in [0, 0.1) is 5.82 Å². The lowest BCUT2D eigenvalue weighted by molar-refractivity contribution is 0.465. The van der Waals surface area contributed by atoms with Gasteiger partial charge < -0.3 is 10.2 Å². The van der Waals surface area contributed by atoms with Gasteiger partial charge in [-0.05, 0) is 24.5 Å².